The van der Waals surface area contributed by atoms with Crippen molar-refractivity contribution in [2.45, 2.75) is 0 Å². The van der Waals surface area contributed by atoms with Crippen molar-refractivity contribution >= 4 is 11.4 Å². The zero-order chi connectivity index (χ0) is 15.2. The lowest BCUT2D eigenvalue weighted by atomic mass is 10.2. The van der Waals surface area contributed by atoms with E-state index in [0.717, 1.165) is 76.3 Å². The van der Waals surface area contributed by atoms with E-state index in [1.807, 2.05) is 18.2 Å². The Morgan fingerprint density at radius 1 is 1.00 bits per heavy atom. The molecule has 2 heterocycles. The van der Waals surface area contributed by atoms with E-state index in [-0.39, 0.29) is 0 Å². The molecule has 0 radical (unpaired) electrons. The minimum atomic E-state index is 0.687. The lowest BCUT2D eigenvalue weighted by Crippen LogP contribution is -2.38. The third-order valence-corrected chi connectivity index (χ3v) is 4.13. The predicted octanol–water partition coefficient (Wildman–Crippen LogP) is 0.816. The molecule has 3 rings (SSSR count). The van der Waals surface area contributed by atoms with Crippen LogP contribution in [0, 0.1) is 0 Å². The number of ether oxygens (including phenoxy) is 3. The summed E-state index contributed by atoms with van der Waals surface area (Å²) < 4.78 is 16.6. The number of morpholine rings is 2. The van der Waals surface area contributed by atoms with Crippen LogP contribution in [-0.2, 0) is 9.47 Å². The molecule has 6 heteroatoms. The van der Waals surface area contributed by atoms with Crippen molar-refractivity contribution in [3.8, 4) is 5.75 Å². The Morgan fingerprint density at radius 3 is 2.41 bits per heavy atom. The highest BCUT2D eigenvalue weighted by atomic mass is 16.5. The molecule has 6 nitrogen and oxygen atoms in total. The van der Waals surface area contributed by atoms with Gasteiger partial charge in [-0.3, -0.25) is 4.90 Å². The Kier molecular flexibility index (Phi) is 5.37. The molecule has 1 aromatic carbocycles. The van der Waals surface area contributed by atoms with Crippen molar-refractivity contribution in [2.24, 2.45) is 0 Å². The van der Waals surface area contributed by atoms with Gasteiger partial charge in [0.15, 0.2) is 0 Å². The second-order valence-electron chi connectivity index (χ2n) is 5.62. The van der Waals surface area contributed by atoms with Crippen LogP contribution in [0.4, 0.5) is 11.4 Å². The van der Waals surface area contributed by atoms with Crippen molar-refractivity contribution < 1.29 is 14.2 Å². The van der Waals surface area contributed by atoms with Crippen molar-refractivity contribution in [1.82, 2.24) is 4.90 Å². The van der Waals surface area contributed by atoms with Gasteiger partial charge in [0.05, 0.1) is 37.8 Å². The van der Waals surface area contributed by atoms with Crippen LogP contribution in [0.1, 0.15) is 0 Å². The van der Waals surface area contributed by atoms with Gasteiger partial charge in [-0.05, 0) is 12.1 Å². The van der Waals surface area contributed by atoms with Gasteiger partial charge in [-0.2, -0.15) is 0 Å². The average Bonchev–Trinajstić information content (AvgIpc) is 2.58. The quantitative estimate of drug-likeness (QED) is 0.813. The highest BCUT2D eigenvalue weighted by Crippen LogP contribution is 2.28. The van der Waals surface area contributed by atoms with Gasteiger partial charge in [0, 0.05) is 38.8 Å². The van der Waals surface area contributed by atoms with Gasteiger partial charge < -0.3 is 24.8 Å². The summed E-state index contributed by atoms with van der Waals surface area (Å²) in [5, 5.41) is 0. The van der Waals surface area contributed by atoms with Crippen LogP contribution in [0.5, 0.6) is 5.75 Å². The maximum atomic E-state index is 6.11. The molecule has 0 aliphatic carbocycles. The van der Waals surface area contributed by atoms with Crippen LogP contribution in [0.15, 0.2) is 18.2 Å². The molecule has 2 aliphatic rings. The van der Waals surface area contributed by atoms with E-state index < -0.39 is 0 Å². The number of hydrogen-bond acceptors (Lipinski definition) is 6. The number of rotatable bonds is 5. The Morgan fingerprint density at radius 2 is 1.68 bits per heavy atom. The molecular weight excluding hydrogens is 282 g/mol. The first-order chi connectivity index (χ1) is 10.8. The summed E-state index contributed by atoms with van der Waals surface area (Å²) in [7, 11) is 0. The van der Waals surface area contributed by atoms with Crippen LogP contribution in [0.25, 0.3) is 0 Å². The Labute approximate surface area is 131 Å². The molecule has 2 fully saturated rings. The molecule has 0 bridgehead atoms. The molecule has 122 valence electrons. The van der Waals surface area contributed by atoms with Crippen molar-refractivity contribution in [2.75, 3.05) is 76.4 Å². The van der Waals surface area contributed by atoms with Gasteiger partial charge in [-0.15, -0.1) is 0 Å². The second kappa shape index (κ2) is 7.67. The Hall–Kier alpha value is -1.50. The van der Waals surface area contributed by atoms with Gasteiger partial charge >= 0.3 is 0 Å². The fourth-order valence-electron chi connectivity index (χ4n) is 2.81. The van der Waals surface area contributed by atoms with E-state index in [2.05, 4.69) is 9.80 Å². The third-order valence-electron chi connectivity index (χ3n) is 4.13. The van der Waals surface area contributed by atoms with E-state index in [1.54, 1.807) is 0 Å². The molecule has 0 spiro atoms. The van der Waals surface area contributed by atoms with Crippen molar-refractivity contribution in [3.63, 3.8) is 0 Å². The smallest absolute Gasteiger partial charge is 0.121 e. The first-order valence-corrected chi connectivity index (χ1v) is 7.98. The molecule has 0 amide bonds. The fourth-order valence-corrected chi connectivity index (χ4v) is 2.81. The molecule has 2 N–H and O–H groups in total. The van der Waals surface area contributed by atoms with Crippen LogP contribution in [0.2, 0.25) is 0 Å². The summed E-state index contributed by atoms with van der Waals surface area (Å²) in [6.45, 7) is 8.50. The minimum Gasteiger partial charge on any atom is -0.492 e. The summed E-state index contributed by atoms with van der Waals surface area (Å²) in [5.74, 6) is 0.879. The lowest BCUT2D eigenvalue weighted by molar-refractivity contribution is 0.0322. The number of hydrogen-bond donors (Lipinski definition) is 1. The number of nitrogens with zero attached hydrogens (tertiary/aromatic N) is 2. The first-order valence-electron chi connectivity index (χ1n) is 7.98. The van der Waals surface area contributed by atoms with Crippen LogP contribution >= 0.6 is 0 Å². The normalized spacial score (nSPS) is 20.1. The molecular formula is C16H25N3O3. The monoisotopic (exact) mass is 307 g/mol. The zero-order valence-corrected chi connectivity index (χ0v) is 13.0. The molecule has 0 saturated carbocycles. The largest absolute Gasteiger partial charge is 0.492 e. The molecule has 2 aliphatic heterocycles. The number of nitrogens with two attached hydrogens (primary N) is 1. The first kappa shape index (κ1) is 15.4. The molecule has 0 atom stereocenters. The topological polar surface area (TPSA) is 60.2 Å². The fraction of sp³-hybridized carbons (Fsp3) is 0.625. The van der Waals surface area contributed by atoms with E-state index >= 15 is 0 Å². The van der Waals surface area contributed by atoms with Crippen molar-refractivity contribution in [3.05, 3.63) is 18.2 Å². The van der Waals surface area contributed by atoms with E-state index in [9.17, 15) is 0 Å². The second-order valence-corrected chi connectivity index (χ2v) is 5.62. The summed E-state index contributed by atoms with van der Waals surface area (Å²) in [6, 6.07) is 5.91. The standard InChI is InChI=1S/C16H25N3O3/c17-15-2-1-14(13-16(15)19-6-10-21-11-7-19)22-12-5-18-3-8-20-9-4-18/h1-2,13H,3-12,17H2. The van der Waals surface area contributed by atoms with E-state index in [4.69, 9.17) is 19.9 Å². The summed E-state index contributed by atoms with van der Waals surface area (Å²) in [5.41, 5.74) is 7.95. The van der Waals surface area contributed by atoms with Crippen LogP contribution in [-0.4, -0.2) is 70.7 Å². The van der Waals surface area contributed by atoms with Crippen LogP contribution in [0.3, 0.4) is 0 Å². The number of benzene rings is 1. The molecule has 22 heavy (non-hydrogen) atoms. The van der Waals surface area contributed by atoms with E-state index in [0.29, 0.717) is 6.61 Å². The van der Waals surface area contributed by atoms with Gasteiger partial charge in [0.1, 0.15) is 12.4 Å². The molecule has 1 aromatic rings. The maximum absolute atomic E-state index is 6.11. The summed E-state index contributed by atoms with van der Waals surface area (Å²) >= 11 is 0. The van der Waals surface area contributed by atoms with Gasteiger partial charge in [0.25, 0.3) is 0 Å². The lowest BCUT2D eigenvalue weighted by Gasteiger charge is -2.30. The van der Waals surface area contributed by atoms with Gasteiger partial charge in [-0.1, -0.05) is 0 Å². The number of nitrogen functional groups attached to an aromatic ring is 1. The zero-order valence-electron chi connectivity index (χ0n) is 13.0. The summed E-state index contributed by atoms with van der Waals surface area (Å²) in [6.07, 6.45) is 0. The SMILES string of the molecule is Nc1ccc(OCCN2CCOCC2)cc1N1CCOCC1. The van der Waals surface area contributed by atoms with E-state index in [1.165, 1.54) is 0 Å². The molecule has 2 saturated heterocycles. The van der Waals surface area contributed by atoms with Gasteiger partial charge in [-0.25, -0.2) is 0 Å². The summed E-state index contributed by atoms with van der Waals surface area (Å²) in [4.78, 5) is 4.62. The highest BCUT2D eigenvalue weighted by molar-refractivity contribution is 5.69. The predicted molar refractivity (Wildman–Crippen MR) is 86.6 cm³/mol. The van der Waals surface area contributed by atoms with Gasteiger partial charge in [0.2, 0.25) is 0 Å². The molecule has 0 aromatic heterocycles. The van der Waals surface area contributed by atoms with Crippen LogP contribution < -0.4 is 15.4 Å². The minimum absolute atomic E-state index is 0.687. The molecule has 0 unspecified atom stereocenters. The average molecular weight is 307 g/mol. The Bertz CT molecular complexity index is 472. The third kappa shape index (κ3) is 4.03. The number of anilines is 2. The Balaban J connectivity index is 1.54. The maximum Gasteiger partial charge on any atom is 0.121 e. The highest BCUT2D eigenvalue weighted by Gasteiger charge is 2.15. The van der Waals surface area contributed by atoms with Crippen molar-refractivity contribution in [1.29, 1.82) is 0 Å².